The summed E-state index contributed by atoms with van der Waals surface area (Å²) < 4.78 is 0. The van der Waals surface area contributed by atoms with Gasteiger partial charge in [0.1, 0.15) is 0 Å². The van der Waals surface area contributed by atoms with Gasteiger partial charge in [0.2, 0.25) is 0 Å². The van der Waals surface area contributed by atoms with Gasteiger partial charge in [-0.2, -0.15) is 0 Å². The lowest BCUT2D eigenvalue weighted by molar-refractivity contribution is 0.0951. The number of piperidine rings is 1. The van der Waals surface area contributed by atoms with Crippen LogP contribution in [0.3, 0.4) is 0 Å². The number of carbonyl (C=O) groups is 1. The highest BCUT2D eigenvalue weighted by Gasteiger charge is 2.22. The topological polar surface area (TPSA) is 54.0 Å². The molecule has 0 aromatic carbocycles. The number of halogens is 2. The van der Waals surface area contributed by atoms with E-state index in [2.05, 4.69) is 15.6 Å². The first-order valence-electron chi connectivity index (χ1n) is 7.28. The van der Waals surface area contributed by atoms with E-state index < -0.39 is 0 Å². The predicted octanol–water partition coefficient (Wildman–Crippen LogP) is 2.53. The van der Waals surface area contributed by atoms with E-state index in [1.807, 2.05) is 12.1 Å². The van der Waals surface area contributed by atoms with Gasteiger partial charge in [-0.1, -0.05) is 0 Å². The van der Waals surface area contributed by atoms with Crippen LogP contribution in [-0.2, 0) is 0 Å². The van der Waals surface area contributed by atoms with Crippen molar-refractivity contribution in [2.75, 3.05) is 19.6 Å². The lowest BCUT2D eigenvalue weighted by Gasteiger charge is -2.22. The Morgan fingerprint density at radius 2 is 1.90 bits per heavy atom. The second kappa shape index (κ2) is 8.57. The third-order valence-electron chi connectivity index (χ3n) is 4.05. The van der Waals surface area contributed by atoms with E-state index in [1.54, 1.807) is 6.20 Å². The average Bonchev–Trinajstić information content (AvgIpc) is 3.30. The molecule has 2 aliphatic rings. The maximum absolute atomic E-state index is 11.9. The van der Waals surface area contributed by atoms with Crippen molar-refractivity contribution < 1.29 is 4.79 Å². The first-order chi connectivity index (χ1) is 9.33. The van der Waals surface area contributed by atoms with Gasteiger partial charge in [-0.15, -0.1) is 24.8 Å². The number of pyridine rings is 1. The van der Waals surface area contributed by atoms with Crippen LogP contribution < -0.4 is 10.6 Å². The Kier molecular flexibility index (Phi) is 7.43. The molecule has 2 fully saturated rings. The molecule has 1 aliphatic heterocycles. The SMILES string of the molecule is Cl.Cl.O=C(NCC1CC1)c1ccc(C2CCNCC2)nc1. The summed E-state index contributed by atoms with van der Waals surface area (Å²) >= 11 is 0. The second-order valence-corrected chi connectivity index (χ2v) is 5.65. The molecular weight excluding hydrogens is 309 g/mol. The van der Waals surface area contributed by atoms with Crippen molar-refractivity contribution in [3.05, 3.63) is 29.6 Å². The van der Waals surface area contributed by atoms with E-state index in [0.29, 0.717) is 17.4 Å². The maximum atomic E-state index is 11.9. The van der Waals surface area contributed by atoms with Gasteiger partial charge >= 0.3 is 0 Å². The molecule has 0 unspecified atom stereocenters. The summed E-state index contributed by atoms with van der Waals surface area (Å²) in [7, 11) is 0. The van der Waals surface area contributed by atoms with Crippen molar-refractivity contribution in [2.45, 2.75) is 31.6 Å². The summed E-state index contributed by atoms with van der Waals surface area (Å²) in [6.45, 7) is 2.95. The summed E-state index contributed by atoms with van der Waals surface area (Å²) in [4.78, 5) is 16.4. The van der Waals surface area contributed by atoms with Gasteiger partial charge in [0.05, 0.1) is 5.56 Å². The molecule has 3 rings (SSSR count). The molecule has 1 aromatic heterocycles. The molecule has 1 saturated carbocycles. The smallest absolute Gasteiger partial charge is 0.252 e. The fourth-order valence-electron chi connectivity index (χ4n) is 2.56. The molecule has 1 amide bonds. The predicted molar refractivity (Wildman–Crippen MR) is 88.6 cm³/mol. The van der Waals surface area contributed by atoms with Crippen molar-refractivity contribution in [1.82, 2.24) is 15.6 Å². The van der Waals surface area contributed by atoms with Crippen molar-refractivity contribution in [3.63, 3.8) is 0 Å². The first-order valence-corrected chi connectivity index (χ1v) is 7.28. The van der Waals surface area contributed by atoms with Crippen LogP contribution in [0.25, 0.3) is 0 Å². The Morgan fingerprint density at radius 1 is 1.19 bits per heavy atom. The van der Waals surface area contributed by atoms with E-state index in [9.17, 15) is 4.79 Å². The number of hydrogen-bond acceptors (Lipinski definition) is 3. The molecule has 6 heteroatoms. The van der Waals surface area contributed by atoms with Crippen molar-refractivity contribution >= 4 is 30.7 Å². The Labute approximate surface area is 138 Å². The molecule has 1 saturated heterocycles. The van der Waals surface area contributed by atoms with E-state index in [0.717, 1.165) is 38.2 Å². The lowest BCUT2D eigenvalue weighted by atomic mass is 9.94. The fraction of sp³-hybridized carbons (Fsp3) is 0.600. The summed E-state index contributed by atoms with van der Waals surface area (Å²) in [5, 5.41) is 6.33. The molecule has 2 heterocycles. The molecule has 0 atom stereocenters. The van der Waals surface area contributed by atoms with Crippen LogP contribution in [-0.4, -0.2) is 30.5 Å². The average molecular weight is 332 g/mol. The summed E-state index contributed by atoms with van der Waals surface area (Å²) in [5.74, 6) is 1.27. The minimum absolute atomic E-state index is 0. The number of carbonyl (C=O) groups excluding carboxylic acids is 1. The van der Waals surface area contributed by atoms with Gasteiger partial charge in [-0.05, 0) is 56.8 Å². The Morgan fingerprint density at radius 3 is 2.48 bits per heavy atom. The maximum Gasteiger partial charge on any atom is 0.252 e. The minimum Gasteiger partial charge on any atom is -0.352 e. The zero-order valence-corrected chi connectivity index (χ0v) is 13.6. The molecule has 21 heavy (non-hydrogen) atoms. The molecule has 1 aromatic rings. The highest BCUT2D eigenvalue weighted by atomic mass is 35.5. The van der Waals surface area contributed by atoms with Crippen LogP contribution >= 0.6 is 24.8 Å². The van der Waals surface area contributed by atoms with Crippen LogP contribution in [0.4, 0.5) is 0 Å². The quantitative estimate of drug-likeness (QED) is 0.891. The summed E-state index contributed by atoms with van der Waals surface area (Å²) in [5.41, 5.74) is 1.80. The Bertz CT molecular complexity index is 443. The van der Waals surface area contributed by atoms with Crippen molar-refractivity contribution in [1.29, 1.82) is 0 Å². The van der Waals surface area contributed by atoms with Crippen molar-refractivity contribution in [3.8, 4) is 0 Å². The monoisotopic (exact) mass is 331 g/mol. The summed E-state index contributed by atoms with van der Waals surface area (Å²) in [6, 6.07) is 3.93. The zero-order valence-electron chi connectivity index (χ0n) is 12.0. The fourth-order valence-corrected chi connectivity index (χ4v) is 2.56. The minimum atomic E-state index is 0. The molecular formula is C15H23Cl2N3O. The van der Waals surface area contributed by atoms with Gasteiger partial charge < -0.3 is 10.6 Å². The summed E-state index contributed by atoms with van der Waals surface area (Å²) in [6.07, 6.45) is 6.51. The van der Waals surface area contributed by atoms with Gasteiger partial charge in [0.25, 0.3) is 5.91 Å². The van der Waals surface area contributed by atoms with Crippen LogP contribution in [0.5, 0.6) is 0 Å². The molecule has 0 spiro atoms. The van der Waals surface area contributed by atoms with Gasteiger partial charge in [-0.3, -0.25) is 9.78 Å². The van der Waals surface area contributed by atoms with E-state index in [1.165, 1.54) is 12.8 Å². The second-order valence-electron chi connectivity index (χ2n) is 5.65. The number of hydrogen-bond donors (Lipinski definition) is 2. The highest BCUT2D eigenvalue weighted by molar-refractivity contribution is 5.93. The van der Waals surface area contributed by atoms with Gasteiger partial charge in [0, 0.05) is 24.4 Å². The van der Waals surface area contributed by atoms with Crippen LogP contribution in [0, 0.1) is 5.92 Å². The number of aromatic nitrogens is 1. The van der Waals surface area contributed by atoms with Crippen molar-refractivity contribution in [2.24, 2.45) is 5.92 Å². The van der Waals surface area contributed by atoms with E-state index in [-0.39, 0.29) is 30.7 Å². The Balaban J connectivity index is 0.00000110. The third kappa shape index (κ3) is 5.13. The van der Waals surface area contributed by atoms with Gasteiger partial charge in [0.15, 0.2) is 0 Å². The number of nitrogens with one attached hydrogen (secondary N) is 2. The van der Waals surface area contributed by atoms with Gasteiger partial charge in [-0.25, -0.2) is 0 Å². The molecule has 1 aliphatic carbocycles. The molecule has 0 radical (unpaired) electrons. The Hall–Kier alpha value is -0.840. The van der Waals surface area contributed by atoms with E-state index in [4.69, 9.17) is 0 Å². The molecule has 2 N–H and O–H groups in total. The van der Waals surface area contributed by atoms with Crippen LogP contribution in [0.2, 0.25) is 0 Å². The number of amides is 1. The molecule has 118 valence electrons. The largest absolute Gasteiger partial charge is 0.352 e. The lowest BCUT2D eigenvalue weighted by Crippen LogP contribution is -2.27. The number of rotatable bonds is 4. The molecule has 0 bridgehead atoms. The number of nitrogens with zero attached hydrogens (tertiary/aromatic N) is 1. The van der Waals surface area contributed by atoms with Crippen LogP contribution in [0.15, 0.2) is 18.3 Å². The standard InChI is InChI=1S/C15H21N3O.2ClH/c19-15(18-9-11-1-2-11)13-3-4-14(17-10-13)12-5-7-16-8-6-12;;/h3-4,10-12,16H,1-2,5-9H2,(H,18,19);2*1H. The zero-order chi connectivity index (χ0) is 13.1. The van der Waals surface area contributed by atoms with Crippen LogP contribution in [0.1, 0.15) is 47.7 Å². The molecule has 4 nitrogen and oxygen atoms in total. The normalized spacial score (nSPS) is 18.3. The third-order valence-corrected chi connectivity index (χ3v) is 4.05. The van der Waals surface area contributed by atoms with E-state index >= 15 is 0 Å². The highest BCUT2D eigenvalue weighted by Crippen LogP contribution is 2.27. The first kappa shape index (κ1) is 18.2.